The van der Waals surface area contributed by atoms with Crippen LogP contribution in [0, 0.1) is 12.8 Å². The van der Waals surface area contributed by atoms with Gasteiger partial charge in [-0.3, -0.25) is 4.68 Å². The minimum atomic E-state index is 0.276. The second-order valence-electron chi connectivity index (χ2n) is 4.91. The van der Waals surface area contributed by atoms with E-state index >= 15 is 0 Å². The van der Waals surface area contributed by atoms with Gasteiger partial charge in [-0.1, -0.05) is 0 Å². The zero-order valence-electron chi connectivity index (χ0n) is 10.7. The molecule has 1 aromatic heterocycles. The molecule has 3 N–H and O–H groups in total. The maximum Gasteiger partial charge on any atom is 0.150 e. The molecule has 0 radical (unpaired) electrons. The predicted molar refractivity (Wildman–Crippen MR) is 69.0 cm³/mol. The highest BCUT2D eigenvalue weighted by Gasteiger charge is 2.24. The van der Waals surface area contributed by atoms with Crippen LogP contribution in [-0.4, -0.2) is 34.6 Å². The smallest absolute Gasteiger partial charge is 0.150 e. The fourth-order valence-corrected chi connectivity index (χ4v) is 2.71. The molecule has 0 spiro atoms. The Morgan fingerprint density at radius 3 is 2.88 bits per heavy atom. The van der Waals surface area contributed by atoms with E-state index in [9.17, 15) is 0 Å². The summed E-state index contributed by atoms with van der Waals surface area (Å²) < 4.78 is 1.87. The Morgan fingerprint density at radius 2 is 2.29 bits per heavy atom. The van der Waals surface area contributed by atoms with Crippen molar-refractivity contribution in [3.05, 3.63) is 5.69 Å². The summed E-state index contributed by atoms with van der Waals surface area (Å²) >= 11 is 0. The third kappa shape index (κ3) is 2.39. The van der Waals surface area contributed by atoms with Crippen LogP contribution in [0.25, 0.3) is 0 Å². The monoisotopic (exact) mass is 238 g/mol. The van der Waals surface area contributed by atoms with Crippen molar-refractivity contribution in [3.8, 4) is 0 Å². The van der Waals surface area contributed by atoms with Gasteiger partial charge in [0.25, 0.3) is 0 Å². The molecule has 96 valence electrons. The molecule has 5 heteroatoms. The average Bonchev–Trinajstić information content (AvgIpc) is 2.54. The number of nitrogens with zero attached hydrogens (tertiary/aromatic N) is 3. The van der Waals surface area contributed by atoms with Crippen LogP contribution in [0.3, 0.4) is 0 Å². The van der Waals surface area contributed by atoms with Gasteiger partial charge >= 0.3 is 0 Å². The number of hydrogen-bond donors (Lipinski definition) is 2. The van der Waals surface area contributed by atoms with Crippen molar-refractivity contribution in [2.75, 3.05) is 30.3 Å². The van der Waals surface area contributed by atoms with Crippen LogP contribution >= 0.6 is 0 Å². The van der Waals surface area contributed by atoms with E-state index in [1.165, 1.54) is 6.42 Å². The lowest BCUT2D eigenvalue weighted by Crippen LogP contribution is -2.37. The van der Waals surface area contributed by atoms with Crippen molar-refractivity contribution in [2.24, 2.45) is 13.0 Å². The Kier molecular flexibility index (Phi) is 3.57. The van der Waals surface area contributed by atoms with Crippen LogP contribution in [0.1, 0.15) is 25.0 Å². The number of aliphatic hydroxyl groups is 1. The van der Waals surface area contributed by atoms with Gasteiger partial charge in [-0.25, -0.2) is 0 Å². The van der Waals surface area contributed by atoms with Crippen molar-refractivity contribution in [1.29, 1.82) is 0 Å². The molecule has 1 saturated heterocycles. The number of nitrogens with two attached hydrogens (primary N) is 1. The first-order valence-corrected chi connectivity index (χ1v) is 6.28. The molecule has 0 aliphatic carbocycles. The van der Waals surface area contributed by atoms with Crippen molar-refractivity contribution < 1.29 is 5.11 Å². The van der Waals surface area contributed by atoms with Crippen LogP contribution in [0.15, 0.2) is 0 Å². The summed E-state index contributed by atoms with van der Waals surface area (Å²) in [4.78, 5) is 2.30. The van der Waals surface area contributed by atoms with E-state index in [0.29, 0.717) is 5.92 Å². The highest BCUT2D eigenvalue weighted by molar-refractivity contribution is 5.66. The van der Waals surface area contributed by atoms with E-state index in [1.807, 2.05) is 18.7 Å². The van der Waals surface area contributed by atoms with Gasteiger partial charge in [0.15, 0.2) is 0 Å². The number of aliphatic hydroxyl groups excluding tert-OH is 1. The standard InChI is InChI=1S/C12H22N4O/c1-9-11(13)12(15(2)14-9)16-6-3-4-10(8-16)5-7-17/h10,17H,3-8,13H2,1-2H3. The van der Waals surface area contributed by atoms with Crippen molar-refractivity contribution in [3.63, 3.8) is 0 Å². The molecule has 5 nitrogen and oxygen atoms in total. The number of aromatic nitrogens is 2. The summed E-state index contributed by atoms with van der Waals surface area (Å²) in [6.07, 6.45) is 3.25. The van der Waals surface area contributed by atoms with Crippen molar-refractivity contribution in [2.45, 2.75) is 26.2 Å². The van der Waals surface area contributed by atoms with Gasteiger partial charge in [0.2, 0.25) is 0 Å². The lowest BCUT2D eigenvalue weighted by molar-refractivity contribution is 0.244. The highest BCUT2D eigenvalue weighted by atomic mass is 16.3. The molecule has 2 rings (SSSR count). The summed E-state index contributed by atoms with van der Waals surface area (Å²) in [7, 11) is 1.94. The molecule has 0 amide bonds. The fourth-order valence-electron chi connectivity index (χ4n) is 2.71. The zero-order valence-corrected chi connectivity index (χ0v) is 10.7. The first-order chi connectivity index (χ1) is 8.13. The SMILES string of the molecule is Cc1nn(C)c(N2CCCC(CCO)C2)c1N. The second-order valence-corrected chi connectivity index (χ2v) is 4.91. The Bertz CT molecular complexity index is 386. The topological polar surface area (TPSA) is 67.3 Å². The van der Waals surface area contributed by atoms with Gasteiger partial charge in [-0.2, -0.15) is 5.10 Å². The van der Waals surface area contributed by atoms with Gasteiger partial charge in [0.05, 0.1) is 11.4 Å². The molecule has 1 unspecified atom stereocenters. The number of nitrogen functional groups attached to an aromatic ring is 1. The predicted octanol–water partition coefficient (Wildman–Crippen LogP) is 0.910. The van der Waals surface area contributed by atoms with Gasteiger partial charge in [-0.05, 0) is 32.1 Å². The van der Waals surface area contributed by atoms with E-state index in [2.05, 4.69) is 10.00 Å². The molecular weight excluding hydrogens is 216 g/mol. The molecule has 0 saturated carbocycles. The summed E-state index contributed by atoms with van der Waals surface area (Å²) in [6, 6.07) is 0. The van der Waals surface area contributed by atoms with E-state index in [4.69, 9.17) is 10.8 Å². The first-order valence-electron chi connectivity index (χ1n) is 6.28. The van der Waals surface area contributed by atoms with Crippen LogP contribution in [0.2, 0.25) is 0 Å². The number of aryl methyl sites for hydroxylation is 2. The van der Waals surface area contributed by atoms with Crippen LogP contribution < -0.4 is 10.6 Å². The molecule has 1 aliphatic heterocycles. The number of piperidine rings is 1. The normalized spacial score (nSPS) is 20.9. The summed E-state index contributed by atoms with van der Waals surface area (Å²) in [5.41, 5.74) is 7.76. The zero-order chi connectivity index (χ0) is 12.4. The van der Waals surface area contributed by atoms with E-state index < -0.39 is 0 Å². The van der Waals surface area contributed by atoms with Crippen LogP contribution in [0.5, 0.6) is 0 Å². The minimum absolute atomic E-state index is 0.276. The minimum Gasteiger partial charge on any atom is -0.396 e. The molecular formula is C12H22N4O. The lowest BCUT2D eigenvalue weighted by atomic mass is 9.95. The quantitative estimate of drug-likeness (QED) is 0.821. The Labute approximate surface area is 102 Å². The summed E-state index contributed by atoms with van der Waals surface area (Å²) in [5.74, 6) is 1.61. The number of anilines is 2. The third-order valence-corrected chi connectivity index (χ3v) is 3.59. The van der Waals surface area contributed by atoms with Crippen molar-refractivity contribution >= 4 is 11.5 Å². The van der Waals surface area contributed by atoms with Gasteiger partial charge < -0.3 is 15.7 Å². The maximum absolute atomic E-state index is 9.03. The number of hydrogen-bond acceptors (Lipinski definition) is 4. The number of rotatable bonds is 3. The van der Waals surface area contributed by atoms with Crippen molar-refractivity contribution in [1.82, 2.24) is 9.78 Å². The molecule has 0 bridgehead atoms. The van der Waals surface area contributed by atoms with Crippen LogP contribution in [0.4, 0.5) is 11.5 Å². The average molecular weight is 238 g/mol. The maximum atomic E-state index is 9.03. The van der Waals surface area contributed by atoms with Gasteiger partial charge in [0.1, 0.15) is 5.82 Å². The summed E-state index contributed by atoms with van der Waals surface area (Å²) in [6.45, 7) is 4.22. The molecule has 2 heterocycles. The summed E-state index contributed by atoms with van der Waals surface area (Å²) in [5, 5.41) is 13.4. The largest absolute Gasteiger partial charge is 0.396 e. The molecule has 1 fully saturated rings. The van der Waals surface area contributed by atoms with E-state index in [-0.39, 0.29) is 6.61 Å². The second kappa shape index (κ2) is 4.96. The molecule has 1 aliphatic rings. The Morgan fingerprint density at radius 1 is 1.53 bits per heavy atom. The molecule has 1 aromatic rings. The van der Waals surface area contributed by atoms with Gasteiger partial charge in [-0.15, -0.1) is 0 Å². The van der Waals surface area contributed by atoms with E-state index in [1.54, 1.807) is 0 Å². The molecule has 17 heavy (non-hydrogen) atoms. The highest BCUT2D eigenvalue weighted by Crippen LogP contribution is 2.30. The Hall–Kier alpha value is -1.23. The fraction of sp³-hybridized carbons (Fsp3) is 0.750. The molecule has 0 aromatic carbocycles. The van der Waals surface area contributed by atoms with E-state index in [0.717, 1.165) is 43.1 Å². The lowest BCUT2D eigenvalue weighted by Gasteiger charge is -2.34. The van der Waals surface area contributed by atoms with Crippen LogP contribution in [-0.2, 0) is 7.05 Å². The Balaban J connectivity index is 2.16. The van der Waals surface area contributed by atoms with Gasteiger partial charge in [0, 0.05) is 26.7 Å². The third-order valence-electron chi connectivity index (χ3n) is 3.59. The first kappa shape index (κ1) is 12.2. The molecule has 1 atom stereocenters.